The Labute approximate surface area is 222 Å². The molecule has 0 aromatic heterocycles. The Balaban J connectivity index is 1.58. The number of nitrogens with one attached hydrogen (secondary N) is 1. The number of alkyl halides is 3. The van der Waals surface area contributed by atoms with Crippen LogP contribution in [0.4, 0.5) is 13.2 Å². The van der Waals surface area contributed by atoms with Gasteiger partial charge in [-0.1, -0.05) is 36.0 Å². The van der Waals surface area contributed by atoms with Crippen LogP contribution in [-0.4, -0.2) is 35.7 Å². The van der Waals surface area contributed by atoms with Crippen LogP contribution >= 0.6 is 11.8 Å². The van der Waals surface area contributed by atoms with E-state index in [2.05, 4.69) is 10.3 Å². The van der Waals surface area contributed by atoms with Crippen LogP contribution in [0.1, 0.15) is 43.0 Å². The van der Waals surface area contributed by atoms with Crippen molar-refractivity contribution < 1.29 is 32.2 Å². The molecule has 2 heterocycles. The third-order valence-corrected chi connectivity index (χ3v) is 6.88. The number of nitrogens with zero attached hydrogens (tertiary/aromatic N) is 2. The van der Waals surface area contributed by atoms with Gasteiger partial charge in [0.2, 0.25) is 5.91 Å². The van der Waals surface area contributed by atoms with Gasteiger partial charge in [0, 0.05) is 12.2 Å². The third kappa shape index (κ3) is 5.88. The first kappa shape index (κ1) is 27.3. The number of thioether (sulfide) groups is 1. The van der Waals surface area contributed by atoms with Gasteiger partial charge >= 0.3 is 12.1 Å². The number of carbonyl (C=O) groups excluding carboxylic acids is 2. The van der Waals surface area contributed by atoms with Gasteiger partial charge in [-0.2, -0.15) is 13.2 Å². The highest BCUT2D eigenvalue weighted by Gasteiger charge is 2.41. The van der Waals surface area contributed by atoms with Crippen molar-refractivity contribution in [3.05, 3.63) is 87.6 Å². The van der Waals surface area contributed by atoms with E-state index in [0.29, 0.717) is 33.4 Å². The first-order valence-electron chi connectivity index (χ1n) is 11.8. The van der Waals surface area contributed by atoms with Crippen LogP contribution < -0.4 is 10.1 Å². The summed E-state index contributed by atoms with van der Waals surface area (Å²) in [7, 11) is 1.55. The lowest BCUT2D eigenvalue weighted by molar-refractivity contribution is -0.139. The summed E-state index contributed by atoms with van der Waals surface area (Å²) in [4.78, 5) is 32.3. The number of esters is 1. The van der Waals surface area contributed by atoms with Crippen LogP contribution in [0, 0.1) is 0 Å². The van der Waals surface area contributed by atoms with Crippen LogP contribution in [-0.2, 0) is 27.0 Å². The number of rotatable bonds is 8. The molecular formula is C27H26F3N3O4S. The Morgan fingerprint density at radius 1 is 1.16 bits per heavy atom. The fourth-order valence-corrected chi connectivity index (χ4v) is 5.22. The monoisotopic (exact) mass is 545 g/mol. The van der Waals surface area contributed by atoms with Gasteiger partial charge in [-0.15, -0.1) is 0 Å². The molecule has 1 amide bonds. The van der Waals surface area contributed by atoms with Crippen molar-refractivity contribution in [3.63, 3.8) is 0 Å². The number of amides is 1. The second-order valence-electron chi connectivity index (χ2n) is 8.54. The maximum atomic E-state index is 13.0. The van der Waals surface area contributed by atoms with E-state index in [0.717, 1.165) is 17.7 Å². The molecule has 1 N–H and O–H groups in total. The molecule has 0 aliphatic carbocycles. The lowest BCUT2D eigenvalue weighted by Crippen LogP contribution is -2.38. The Kier molecular flexibility index (Phi) is 8.15. The highest BCUT2D eigenvalue weighted by atomic mass is 32.2. The molecule has 0 spiro atoms. The van der Waals surface area contributed by atoms with Gasteiger partial charge in [-0.05, 0) is 54.6 Å². The van der Waals surface area contributed by atoms with E-state index in [1.54, 1.807) is 32.4 Å². The van der Waals surface area contributed by atoms with Crippen LogP contribution in [0.2, 0.25) is 0 Å². The number of fused-ring (bicyclic) bond motifs is 1. The highest BCUT2D eigenvalue weighted by molar-refractivity contribution is 8.16. The number of aliphatic imine (C=N–C) groups is 1. The summed E-state index contributed by atoms with van der Waals surface area (Å²) in [5, 5.41) is 5.08. The summed E-state index contributed by atoms with van der Waals surface area (Å²) in [5.41, 5.74) is 1.76. The normalized spacial score (nSPS) is 17.0. The SMILES string of the molecule is CCOC(=O)C1=C(C)N=C2SC=C(CC(=O)NCc3cccc(C(F)(F)F)c3)N2[C@H]1c1cccc(OC)c1. The van der Waals surface area contributed by atoms with Gasteiger partial charge in [0.05, 0.1) is 43.0 Å². The van der Waals surface area contributed by atoms with Gasteiger partial charge in [0.1, 0.15) is 5.75 Å². The summed E-state index contributed by atoms with van der Waals surface area (Å²) >= 11 is 1.33. The first-order chi connectivity index (χ1) is 18.1. The molecule has 2 aromatic rings. The Morgan fingerprint density at radius 3 is 2.63 bits per heavy atom. The molecule has 1 atom stereocenters. The molecule has 0 saturated heterocycles. The first-order valence-corrected chi connectivity index (χ1v) is 12.7. The average molecular weight is 546 g/mol. The Hall–Kier alpha value is -3.73. The molecule has 0 unspecified atom stereocenters. The van der Waals surface area contributed by atoms with E-state index in [-0.39, 0.29) is 25.5 Å². The summed E-state index contributed by atoms with van der Waals surface area (Å²) in [6.07, 6.45) is -4.53. The van der Waals surface area contributed by atoms with E-state index >= 15 is 0 Å². The lowest BCUT2D eigenvalue weighted by atomic mass is 9.93. The predicted octanol–water partition coefficient (Wildman–Crippen LogP) is 5.56. The van der Waals surface area contributed by atoms with Crippen molar-refractivity contribution in [1.29, 1.82) is 0 Å². The van der Waals surface area contributed by atoms with Crippen molar-refractivity contribution in [3.8, 4) is 5.75 Å². The number of carbonyl (C=O) groups is 2. The number of benzene rings is 2. The second kappa shape index (κ2) is 11.3. The average Bonchev–Trinajstić information content (AvgIpc) is 3.28. The summed E-state index contributed by atoms with van der Waals surface area (Å²) in [6, 6.07) is 11.5. The number of ether oxygens (including phenoxy) is 2. The molecule has 2 aliphatic heterocycles. The van der Waals surface area contributed by atoms with E-state index < -0.39 is 23.8 Å². The highest BCUT2D eigenvalue weighted by Crippen LogP contribution is 2.45. The zero-order chi connectivity index (χ0) is 27.4. The molecule has 7 nitrogen and oxygen atoms in total. The maximum Gasteiger partial charge on any atom is 0.416 e. The molecule has 2 aliphatic rings. The van der Waals surface area contributed by atoms with E-state index in [1.807, 2.05) is 23.1 Å². The minimum Gasteiger partial charge on any atom is -0.497 e. The van der Waals surface area contributed by atoms with E-state index in [9.17, 15) is 22.8 Å². The molecule has 2 aromatic carbocycles. The van der Waals surface area contributed by atoms with Gasteiger partial charge in [-0.3, -0.25) is 4.79 Å². The molecule has 38 heavy (non-hydrogen) atoms. The summed E-state index contributed by atoms with van der Waals surface area (Å²) in [5.74, 6) is -0.293. The molecule has 0 saturated carbocycles. The molecule has 11 heteroatoms. The Morgan fingerprint density at radius 2 is 1.92 bits per heavy atom. The van der Waals surface area contributed by atoms with Gasteiger partial charge in [0.25, 0.3) is 0 Å². The van der Waals surface area contributed by atoms with Crippen LogP contribution in [0.5, 0.6) is 5.75 Å². The standard InChI is InChI=1S/C27H26F3N3O4S/c1-4-37-25(35)23-16(2)32-26-33(24(23)18-8-6-10-21(12-18)36-3)20(15-38-26)13-22(34)31-14-17-7-5-9-19(11-17)27(28,29)30/h5-12,15,24H,4,13-14H2,1-3H3,(H,31,34)/t24-/m0/s1. The topological polar surface area (TPSA) is 80.2 Å². The lowest BCUT2D eigenvalue weighted by Gasteiger charge is -2.36. The van der Waals surface area contributed by atoms with E-state index in [4.69, 9.17) is 9.47 Å². The third-order valence-electron chi connectivity index (χ3n) is 5.99. The number of hydrogen-bond acceptors (Lipinski definition) is 7. The summed E-state index contributed by atoms with van der Waals surface area (Å²) in [6.45, 7) is 3.59. The largest absolute Gasteiger partial charge is 0.497 e. The second-order valence-corrected chi connectivity index (χ2v) is 9.38. The number of halogens is 3. The molecule has 0 bridgehead atoms. The van der Waals surface area contributed by atoms with Gasteiger partial charge < -0.3 is 19.7 Å². The van der Waals surface area contributed by atoms with Gasteiger partial charge in [-0.25, -0.2) is 9.79 Å². The van der Waals surface area contributed by atoms with Gasteiger partial charge in [0.15, 0.2) is 5.17 Å². The molecular weight excluding hydrogens is 519 g/mol. The fraction of sp³-hybridized carbons (Fsp3) is 0.296. The molecule has 0 fully saturated rings. The molecule has 200 valence electrons. The van der Waals surface area contributed by atoms with E-state index in [1.165, 1.54) is 23.9 Å². The zero-order valence-electron chi connectivity index (χ0n) is 21.0. The molecule has 0 radical (unpaired) electrons. The van der Waals surface area contributed by atoms with Crippen molar-refractivity contribution >= 4 is 28.8 Å². The quantitative estimate of drug-likeness (QED) is 0.438. The van der Waals surface area contributed by atoms with Crippen molar-refractivity contribution in [2.24, 2.45) is 4.99 Å². The Bertz CT molecular complexity index is 1340. The van der Waals surface area contributed by atoms with Crippen molar-refractivity contribution in [1.82, 2.24) is 10.2 Å². The minimum atomic E-state index is -4.46. The number of hydrogen-bond donors (Lipinski definition) is 1. The fourth-order valence-electron chi connectivity index (χ4n) is 4.25. The van der Waals surface area contributed by atoms with Crippen LogP contribution in [0.3, 0.4) is 0 Å². The number of allylic oxidation sites excluding steroid dienone is 1. The maximum absolute atomic E-state index is 13.0. The number of amidine groups is 1. The van der Waals surface area contributed by atoms with Crippen molar-refractivity contribution in [2.75, 3.05) is 13.7 Å². The minimum absolute atomic E-state index is 0.0590. The van der Waals surface area contributed by atoms with Crippen molar-refractivity contribution in [2.45, 2.75) is 39.0 Å². The number of methoxy groups -OCH3 is 1. The summed E-state index contributed by atoms with van der Waals surface area (Å²) < 4.78 is 49.8. The smallest absolute Gasteiger partial charge is 0.416 e. The zero-order valence-corrected chi connectivity index (χ0v) is 21.8. The van der Waals surface area contributed by atoms with Crippen LogP contribution in [0.15, 0.2) is 75.9 Å². The van der Waals surface area contributed by atoms with Crippen LogP contribution in [0.25, 0.3) is 0 Å². The molecule has 4 rings (SSSR count). The predicted molar refractivity (Wildman–Crippen MR) is 138 cm³/mol.